The number of nitrogens with one attached hydrogen (secondary N) is 1. The Morgan fingerprint density at radius 3 is 2.80 bits per heavy atom. The largest absolute Gasteiger partial charge is 0.478 e. The molecule has 0 bridgehead atoms. The van der Waals surface area contributed by atoms with Crippen LogP contribution in [0.4, 0.5) is 0 Å². The maximum atomic E-state index is 12.0. The van der Waals surface area contributed by atoms with Gasteiger partial charge in [-0.25, -0.2) is 4.79 Å². The summed E-state index contributed by atoms with van der Waals surface area (Å²) in [5.74, 6) is -0.626. The lowest BCUT2D eigenvalue weighted by Crippen LogP contribution is -2.31. The number of amides is 1. The van der Waals surface area contributed by atoms with E-state index in [1.807, 2.05) is 11.4 Å². The molecule has 5 heteroatoms. The summed E-state index contributed by atoms with van der Waals surface area (Å²) in [6, 6.07) is 1.91. The lowest BCUT2D eigenvalue weighted by Gasteiger charge is -2.20. The summed E-state index contributed by atoms with van der Waals surface area (Å²) in [5, 5.41) is 13.4. The van der Waals surface area contributed by atoms with E-state index in [2.05, 4.69) is 5.32 Å². The van der Waals surface area contributed by atoms with Crippen LogP contribution in [-0.2, 0) is 16.1 Å². The molecule has 1 saturated carbocycles. The van der Waals surface area contributed by atoms with E-state index in [0.29, 0.717) is 6.54 Å². The molecule has 2 rings (SSSR count). The van der Waals surface area contributed by atoms with Crippen LogP contribution in [-0.4, -0.2) is 17.0 Å². The average molecular weight is 293 g/mol. The first-order valence-electron chi connectivity index (χ1n) is 6.91. The van der Waals surface area contributed by atoms with Crippen LogP contribution < -0.4 is 5.32 Å². The molecule has 0 saturated heterocycles. The number of carbonyl (C=O) groups is 2. The van der Waals surface area contributed by atoms with Gasteiger partial charge in [-0.15, -0.1) is 11.3 Å². The summed E-state index contributed by atoms with van der Waals surface area (Å²) in [7, 11) is 0. The molecule has 1 heterocycles. The van der Waals surface area contributed by atoms with Crippen molar-refractivity contribution >= 4 is 29.3 Å². The zero-order chi connectivity index (χ0) is 14.4. The SMILES string of the molecule is O=C(O)C=Cc1csc(CNC(=O)C2CCCCC2)c1. The Hall–Kier alpha value is -1.62. The molecule has 1 aromatic rings. The second-order valence-corrected chi connectivity index (χ2v) is 6.07. The van der Waals surface area contributed by atoms with E-state index in [9.17, 15) is 9.59 Å². The van der Waals surface area contributed by atoms with Gasteiger partial charge in [0.25, 0.3) is 0 Å². The van der Waals surface area contributed by atoms with Crippen LogP contribution in [0, 0.1) is 5.92 Å². The summed E-state index contributed by atoms with van der Waals surface area (Å²) in [4.78, 5) is 23.5. The van der Waals surface area contributed by atoms with E-state index in [-0.39, 0.29) is 11.8 Å². The molecule has 0 spiro atoms. The van der Waals surface area contributed by atoms with Gasteiger partial charge in [-0.05, 0) is 35.9 Å². The summed E-state index contributed by atoms with van der Waals surface area (Å²) in [6.07, 6.45) is 8.24. The summed E-state index contributed by atoms with van der Waals surface area (Å²) in [6.45, 7) is 0.529. The quantitative estimate of drug-likeness (QED) is 0.820. The van der Waals surface area contributed by atoms with Crippen molar-refractivity contribution in [2.75, 3.05) is 0 Å². The Morgan fingerprint density at radius 1 is 1.35 bits per heavy atom. The van der Waals surface area contributed by atoms with E-state index in [4.69, 9.17) is 5.11 Å². The predicted octanol–water partition coefficient (Wildman–Crippen LogP) is 3.04. The molecule has 2 N–H and O–H groups in total. The minimum absolute atomic E-state index is 0.153. The first kappa shape index (κ1) is 14.8. The Bertz CT molecular complexity index is 501. The van der Waals surface area contributed by atoms with Crippen molar-refractivity contribution in [1.82, 2.24) is 5.32 Å². The molecule has 0 unspecified atom stereocenters. The highest BCUT2D eigenvalue weighted by molar-refractivity contribution is 7.10. The van der Waals surface area contributed by atoms with E-state index < -0.39 is 5.97 Å². The highest BCUT2D eigenvalue weighted by Crippen LogP contribution is 2.24. The Labute approximate surface area is 122 Å². The molecule has 0 aliphatic heterocycles. The third-order valence-electron chi connectivity index (χ3n) is 3.51. The molecule has 20 heavy (non-hydrogen) atoms. The van der Waals surface area contributed by atoms with Crippen molar-refractivity contribution in [3.63, 3.8) is 0 Å². The van der Waals surface area contributed by atoms with Gasteiger partial charge < -0.3 is 10.4 Å². The predicted molar refractivity (Wildman–Crippen MR) is 79.4 cm³/mol. The number of carboxylic acid groups (broad SMARTS) is 1. The van der Waals surface area contributed by atoms with Gasteiger partial charge in [0, 0.05) is 16.9 Å². The zero-order valence-electron chi connectivity index (χ0n) is 11.3. The molecule has 1 amide bonds. The lowest BCUT2D eigenvalue weighted by molar-refractivity contribution is -0.131. The van der Waals surface area contributed by atoms with Crippen LogP contribution in [0.1, 0.15) is 42.5 Å². The van der Waals surface area contributed by atoms with Gasteiger partial charge in [0.2, 0.25) is 5.91 Å². The van der Waals surface area contributed by atoms with Crippen LogP contribution in [0.5, 0.6) is 0 Å². The van der Waals surface area contributed by atoms with Crippen LogP contribution in [0.25, 0.3) is 6.08 Å². The van der Waals surface area contributed by atoms with Gasteiger partial charge in [0.15, 0.2) is 0 Å². The maximum absolute atomic E-state index is 12.0. The molecular formula is C15H19NO3S. The standard InChI is InChI=1S/C15H19NO3S/c17-14(18)7-6-11-8-13(20-10-11)9-16-15(19)12-4-2-1-3-5-12/h6-8,10,12H,1-5,9H2,(H,16,19)(H,17,18). The van der Waals surface area contributed by atoms with Crippen molar-refractivity contribution in [2.45, 2.75) is 38.6 Å². The molecule has 4 nitrogen and oxygen atoms in total. The molecule has 1 aliphatic rings. The minimum Gasteiger partial charge on any atom is -0.478 e. The van der Waals surface area contributed by atoms with Gasteiger partial charge in [-0.2, -0.15) is 0 Å². The molecule has 1 aliphatic carbocycles. The van der Waals surface area contributed by atoms with Crippen molar-refractivity contribution in [1.29, 1.82) is 0 Å². The fourth-order valence-corrected chi connectivity index (χ4v) is 3.22. The van der Waals surface area contributed by atoms with Gasteiger partial charge >= 0.3 is 5.97 Å². The van der Waals surface area contributed by atoms with Gasteiger partial charge in [0.1, 0.15) is 0 Å². The number of hydrogen-bond donors (Lipinski definition) is 2. The Balaban J connectivity index is 1.81. The molecule has 0 aromatic carbocycles. The summed E-state index contributed by atoms with van der Waals surface area (Å²) in [5.41, 5.74) is 0.860. The summed E-state index contributed by atoms with van der Waals surface area (Å²) >= 11 is 1.53. The van der Waals surface area contributed by atoms with Crippen molar-refractivity contribution in [3.05, 3.63) is 28.0 Å². The zero-order valence-corrected chi connectivity index (χ0v) is 12.1. The van der Waals surface area contributed by atoms with E-state index in [1.165, 1.54) is 17.8 Å². The third kappa shape index (κ3) is 4.49. The van der Waals surface area contributed by atoms with Crippen molar-refractivity contribution < 1.29 is 14.7 Å². The Kier molecular flexibility index (Phi) is 5.35. The van der Waals surface area contributed by atoms with Crippen LogP contribution in [0.15, 0.2) is 17.5 Å². The summed E-state index contributed by atoms with van der Waals surface area (Å²) < 4.78 is 0. The number of carbonyl (C=O) groups excluding carboxylic acids is 1. The number of carboxylic acids is 1. The Morgan fingerprint density at radius 2 is 2.10 bits per heavy atom. The first-order valence-corrected chi connectivity index (χ1v) is 7.79. The van der Waals surface area contributed by atoms with Gasteiger partial charge in [-0.3, -0.25) is 4.79 Å². The molecule has 1 fully saturated rings. The third-order valence-corrected chi connectivity index (χ3v) is 4.46. The molecular weight excluding hydrogens is 274 g/mol. The second-order valence-electron chi connectivity index (χ2n) is 5.07. The van der Waals surface area contributed by atoms with Crippen LogP contribution in [0.3, 0.4) is 0 Å². The monoisotopic (exact) mass is 293 g/mol. The fraction of sp³-hybridized carbons (Fsp3) is 0.467. The second kappa shape index (κ2) is 7.24. The topological polar surface area (TPSA) is 66.4 Å². The fourth-order valence-electron chi connectivity index (χ4n) is 2.43. The maximum Gasteiger partial charge on any atom is 0.328 e. The van der Waals surface area contributed by atoms with Crippen molar-refractivity contribution in [2.24, 2.45) is 5.92 Å². The van der Waals surface area contributed by atoms with E-state index in [1.54, 1.807) is 6.08 Å². The smallest absolute Gasteiger partial charge is 0.328 e. The number of hydrogen-bond acceptors (Lipinski definition) is 3. The van der Waals surface area contributed by atoms with Crippen LogP contribution >= 0.6 is 11.3 Å². The van der Waals surface area contributed by atoms with Crippen LogP contribution in [0.2, 0.25) is 0 Å². The molecule has 0 atom stereocenters. The lowest BCUT2D eigenvalue weighted by atomic mass is 9.89. The van der Waals surface area contributed by atoms with E-state index in [0.717, 1.165) is 42.2 Å². The number of aliphatic carboxylic acids is 1. The molecule has 1 aromatic heterocycles. The number of rotatable bonds is 5. The first-order chi connectivity index (χ1) is 9.65. The highest BCUT2D eigenvalue weighted by atomic mass is 32.1. The van der Waals surface area contributed by atoms with E-state index >= 15 is 0 Å². The number of thiophene rings is 1. The molecule has 0 radical (unpaired) electrons. The van der Waals surface area contributed by atoms with Gasteiger partial charge in [0.05, 0.1) is 6.54 Å². The minimum atomic E-state index is -0.955. The molecule has 108 valence electrons. The van der Waals surface area contributed by atoms with Gasteiger partial charge in [-0.1, -0.05) is 19.3 Å². The average Bonchev–Trinajstić information content (AvgIpc) is 2.91. The van der Waals surface area contributed by atoms with Crippen molar-refractivity contribution in [3.8, 4) is 0 Å². The highest BCUT2D eigenvalue weighted by Gasteiger charge is 2.20. The normalized spacial score (nSPS) is 16.4.